The Morgan fingerprint density at radius 3 is 2.42 bits per heavy atom. The van der Waals surface area contributed by atoms with Crippen molar-refractivity contribution < 1.29 is 5.11 Å². The molecule has 0 unspecified atom stereocenters. The molecule has 2 nitrogen and oxygen atoms in total. The van der Waals surface area contributed by atoms with Crippen LogP contribution in [-0.4, -0.2) is 35.2 Å². The van der Waals surface area contributed by atoms with Gasteiger partial charge in [-0.1, -0.05) is 13.3 Å². The van der Waals surface area contributed by atoms with Crippen LogP contribution in [0.3, 0.4) is 0 Å². The Balaban J connectivity index is 1.85. The van der Waals surface area contributed by atoms with Crippen LogP contribution in [0.15, 0.2) is 0 Å². The monoisotopic (exact) mass is 169 g/mol. The average Bonchev–Trinajstić information content (AvgIpc) is 1.92. The van der Waals surface area contributed by atoms with Gasteiger partial charge in [-0.2, -0.15) is 0 Å². The molecule has 0 amide bonds. The molecule has 2 rings (SSSR count). The average molecular weight is 169 g/mol. The second-order valence-corrected chi connectivity index (χ2v) is 4.42. The summed E-state index contributed by atoms with van der Waals surface area (Å²) in [7, 11) is 0. The van der Waals surface area contributed by atoms with Crippen LogP contribution in [0.1, 0.15) is 32.6 Å². The van der Waals surface area contributed by atoms with Gasteiger partial charge in [-0.3, -0.25) is 4.90 Å². The minimum atomic E-state index is 0.228. The zero-order chi connectivity index (χ0) is 8.60. The summed E-state index contributed by atoms with van der Waals surface area (Å²) in [6.45, 7) is 5.10. The van der Waals surface area contributed by atoms with Gasteiger partial charge in [0.2, 0.25) is 0 Å². The maximum atomic E-state index is 9.29. The van der Waals surface area contributed by atoms with E-state index in [1.165, 1.54) is 38.8 Å². The van der Waals surface area contributed by atoms with Gasteiger partial charge in [0.25, 0.3) is 0 Å². The number of rotatable bonds is 3. The Kier molecular flexibility index (Phi) is 2.13. The number of likely N-dealkylation sites (tertiary alicyclic amines) is 1. The first-order valence-corrected chi connectivity index (χ1v) is 5.16. The second kappa shape index (κ2) is 3.00. The van der Waals surface area contributed by atoms with Gasteiger partial charge in [0, 0.05) is 18.6 Å². The van der Waals surface area contributed by atoms with Crippen LogP contribution in [0.2, 0.25) is 0 Å². The van der Waals surface area contributed by atoms with Crippen molar-refractivity contribution in [2.75, 3.05) is 19.7 Å². The van der Waals surface area contributed by atoms with Crippen LogP contribution in [0.25, 0.3) is 0 Å². The normalized spacial score (nSPS) is 29.5. The summed E-state index contributed by atoms with van der Waals surface area (Å²) in [5, 5.41) is 9.29. The molecule has 1 saturated heterocycles. The predicted octanol–water partition coefficient (Wildman–Crippen LogP) is 1.24. The van der Waals surface area contributed by atoms with E-state index >= 15 is 0 Å². The van der Waals surface area contributed by atoms with Crippen LogP contribution < -0.4 is 0 Å². The number of aliphatic hydroxyl groups is 1. The zero-order valence-electron chi connectivity index (χ0n) is 7.92. The summed E-state index contributed by atoms with van der Waals surface area (Å²) in [6, 6.07) is 0. The van der Waals surface area contributed by atoms with Crippen molar-refractivity contribution in [3.63, 3.8) is 0 Å². The highest BCUT2D eigenvalue weighted by atomic mass is 16.3. The highest BCUT2D eigenvalue weighted by molar-refractivity contribution is 5.02. The Hall–Kier alpha value is -0.0800. The molecule has 0 atom stereocenters. The lowest BCUT2D eigenvalue weighted by molar-refractivity contribution is -0.0900. The van der Waals surface area contributed by atoms with E-state index in [4.69, 9.17) is 0 Å². The van der Waals surface area contributed by atoms with E-state index in [0.717, 1.165) is 5.92 Å². The third-order valence-corrected chi connectivity index (χ3v) is 3.78. The Morgan fingerprint density at radius 2 is 2.08 bits per heavy atom. The molecular weight excluding hydrogens is 150 g/mol. The zero-order valence-corrected chi connectivity index (χ0v) is 7.92. The molecule has 1 aliphatic carbocycles. The lowest BCUT2D eigenvalue weighted by atomic mass is 9.73. The first kappa shape index (κ1) is 8.52. The molecule has 0 radical (unpaired) electrons. The van der Waals surface area contributed by atoms with E-state index < -0.39 is 0 Å². The number of hydrogen-bond acceptors (Lipinski definition) is 2. The van der Waals surface area contributed by atoms with Crippen molar-refractivity contribution in [3.8, 4) is 0 Å². The van der Waals surface area contributed by atoms with Crippen molar-refractivity contribution >= 4 is 0 Å². The van der Waals surface area contributed by atoms with Gasteiger partial charge in [0.15, 0.2) is 0 Å². The molecule has 2 aliphatic rings. The summed E-state index contributed by atoms with van der Waals surface area (Å²) < 4.78 is 0. The van der Waals surface area contributed by atoms with Crippen LogP contribution in [0, 0.1) is 5.92 Å². The van der Waals surface area contributed by atoms with Crippen molar-refractivity contribution in [2.24, 2.45) is 5.92 Å². The first-order chi connectivity index (χ1) is 5.80. The Morgan fingerprint density at radius 1 is 1.42 bits per heavy atom. The molecular formula is C10H19NO. The Labute approximate surface area is 74.6 Å². The fourth-order valence-corrected chi connectivity index (χ4v) is 2.37. The standard InChI is InChI=1S/C10H19NO/c1-2-9-6-11(7-9)10(8-12)4-3-5-10/h9,12H,2-8H2,1H3. The van der Waals surface area contributed by atoms with Gasteiger partial charge in [0.05, 0.1) is 6.61 Å². The molecule has 0 aromatic rings. The van der Waals surface area contributed by atoms with Crippen molar-refractivity contribution in [3.05, 3.63) is 0 Å². The molecule has 0 spiro atoms. The predicted molar refractivity (Wildman–Crippen MR) is 49.0 cm³/mol. The number of nitrogens with zero attached hydrogens (tertiary/aromatic N) is 1. The minimum absolute atomic E-state index is 0.228. The van der Waals surface area contributed by atoms with Gasteiger partial charge in [-0.25, -0.2) is 0 Å². The van der Waals surface area contributed by atoms with E-state index in [1.54, 1.807) is 0 Å². The fraction of sp³-hybridized carbons (Fsp3) is 1.00. The summed E-state index contributed by atoms with van der Waals surface area (Å²) in [4.78, 5) is 2.49. The topological polar surface area (TPSA) is 23.5 Å². The van der Waals surface area contributed by atoms with Gasteiger partial charge >= 0.3 is 0 Å². The van der Waals surface area contributed by atoms with E-state index in [9.17, 15) is 5.11 Å². The van der Waals surface area contributed by atoms with Crippen LogP contribution in [0.4, 0.5) is 0 Å². The maximum absolute atomic E-state index is 9.29. The molecule has 1 aliphatic heterocycles. The molecule has 70 valence electrons. The van der Waals surface area contributed by atoms with Crippen LogP contribution in [0.5, 0.6) is 0 Å². The largest absolute Gasteiger partial charge is 0.394 e. The highest BCUT2D eigenvalue weighted by Gasteiger charge is 2.46. The number of hydrogen-bond donors (Lipinski definition) is 1. The lowest BCUT2D eigenvalue weighted by Crippen LogP contribution is -2.64. The van der Waals surface area contributed by atoms with E-state index in [-0.39, 0.29) is 5.54 Å². The van der Waals surface area contributed by atoms with Crippen LogP contribution in [-0.2, 0) is 0 Å². The van der Waals surface area contributed by atoms with Crippen LogP contribution >= 0.6 is 0 Å². The Bertz CT molecular complexity index is 154. The lowest BCUT2D eigenvalue weighted by Gasteiger charge is -2.56. The number of aliphatic hydroxyl groups excluding tert-OH is 1. The summed E-state index contributed by atoms with van der Waals surface area (Å²) >= 11 is 0. The van der Waals surface area contributed by atoms with E-state index in [2.05, 4.69) is 11.8 Å². The SMILES string of the molecule is CCC1CN(C2(CO)CCC2)C1. The van der Waals surface area contributed by atoms with Gasteiger partial charge < -0.3 is 5.11 Å². The summed E-state index contributed by atoms with van der Waals surface area (Å²) in [5.41, 5.74) is 0.228. The molecule has 2 fully saturated rings. The molecule has 1 N–H and O–H groups in total. The van der Waals surface area contributed by atoms with E-state index in [0.29, 0.717) is 6.61 Å². The second-order valence-electron chi connectivity index (χ2n) is 4.42. The van der Waals surface area contributed by atoms with Gasteiger partial charge in [-0.05, 0) is 25.2 Å². The highest BCUT2D eigenvalue weighted by Crippen LogP contribution is 2.41. The fourth-order valence-electron chi connectivity index (χ4n) is 2.37. The quantitative estimate of drug-likeness (QED) is 0.687. The van der Waals surface area contributed by atoms with Crippen molar-refractivity contribution in [1.29, 1.82) is 0 Å². The van der Waals surface area contributed by atoms with Crippen molar-refractivity contribution in [1.82, 2.24) is 4.90 Å². The third kappa shape index (κ3) is 1.09. The molecule has 1 heterocycles. The summed E-state index contributed by atoms with van der Waals surface area (Å²) in [6.07, 6.45) is 5.06. The third-order valence-electron chi connectivity index (χ3n) is 3.78. The molecule has 12 heavy (non-hydrogen) atoms. The first-order valence-electron chi connectivity index (χ1n) is 5.16. The molecule has 2 heteroatoms. The van der Waals surface area contributed by atoms with E-state index in [1.807, 2.05) is 0 Å². The van der Waals surface area contributed by atoms with Gasteiger partial charge in [-0.15, -0.1) is 0 Å². The smallest absolute Gasteiger partial charge is 0.0615 e. The minimum Gasteiger partial charge on any atom is -0.394 e. The molecule has 1 saturated carbocycles. The van der Waals surface area contributed by atoms with Crippen molar-refractivity contribution in [2.45, 2.75) is 38.1 Å². The van der Waals surface area contributed by atoms with Gasteiger partial charge in [0.1, 0.15) is 0 Å². The maximum Gasteiger partial charge on any atom is 0.0615 e. The summed E-state index contributed by atoms with van der Waals surface area (Å²) in [5.74, 6) is 0.911. The molecule has 0 bridgehead atoms. The molecule has 0 aromatic heterocycles. The molecule has 0 aromatic carbocycles.